The van der Waals surface area contributed by atoms with E-state index in [9.17, 15) is 13.2 Å². The molecule has 1 rings (SSSR count). The summed E-state index contributed by atoms with van der Waals surface area (Å²) in [6, 6.07) is 4.04. The summed E-state index contributed by atoms with van der Waals surface area (Å²) in [7, 11) is -2.60. The van der Waals surface area contributed by atoms with Gasteiger partial charge in [-0.05, 0) is 24.1 Å². The minimum absolute atomic E-state index is 0.0343. The Balaban J connectivity index is 3.24. The molecule has 6 nitrogen and oxygen atoms in total. The summed E-state index contributed by atoms with van der Waals surface area (Å²) in [5, 5.41) is 0. The van der Waals surface area contributed by atoms with Gasteiger partial charge in [0.1, 0.15) is 0 Å². The number of carbonyl (C=O) groups is 1. The van der Waals surface area contributed by atoms with Crippen molar-refractivity contribution >= 4 is 21.7 Å². The maximum Gasteiger partial charge on any atom is 0.339 e. The SMILES string of the molecule is COC(=O)c1ccc(N)cc1S(=O)(=O)NCC(C)C. The molecule has 0 aliphatic rings. The molecule has 1 aromatic rings. The van der Waals surface area contributed by atoms with E-state index < -0.39 is 16.0 Å². The Hall–Kier alpha value is -1.60. The molecule has 0 aromatic heterocycles. The van der Waals surface area contributed by atoms with Gasteiger partial charge in [0.2, 0.25) is 10.0 Å². The van der Waals surface area contributed by atoms with E-state index in [0.29, 0.717) is 0 Å². The van der Waals surface area contributed by atoms with E-state index in [1.807, 2.05) is 13.8 Å². The smallest absolute Gasteiger partial charge is 0.339 e. The lowest BCUT2D eigenvalue weighted by Crippen LogP contribution is -2.29. The molecule has 7 heteroatoms. The van der Waals surface area contributed by atoms with Crippen molar-refractivity contribution in [2.75, 3.05) is 19.4 Å². The number of sulfonamides is 1. The predicted molar refractivity (Wildman–Crippen MR) is 72.2 cm³/mol. The molecular weight excluding hydrogens is 268 g/mol. The normalized spacial score (nSPS) is 11.6. The summed E-state index contributed by atoms with van der Waals surface area (Å²) in [6.45, 7) is 4.03. The van der Waals surface area contributed by atoms with Crippen LogP contribution in [0, 0.1) is 5.92 Å². The Morgan fingerprint density at radius 3 is 2.58 bits per heavy atom. The molecule has 0 amide bonds. The molecule has 0 saturated carbocycles. The van der Waals surface area contributed by atoms with Gasteiger partial charge in [-0.25, -0.2) is 17.9 Å². The number of rotatable bonds is 5. The van der Waals surface area contributed by atoms with Crippen molar-refractivity contribution in [1.82, 2.24) is 4.72 Å². The van der Waals surface area contributed by atoms with Gasteiger partial charge in [-0.2, -0.15) is 0 Å². The van der Waals surface area contributed by atoms with Crippen LogP contribution in [-0.2, 0) is 14.8 Å². The fourth-order valence-electron chi connectivity index (χ4n) is 1.39. The topological polar surface area (TPSA) is 98.5 Å². The second-order valence-corrected chi connectivity index (χ2v) is 6.23. The highest BCUT2D eigenvalue weighted by Gasteiger charge is 2.23. The van der Waals surface area contributed by atoms with Gasteiger partial charge in [0.05, 0.1) is 17.6 Å². The molecule has 0 atom stereocenters. The molecule has 0 spiro atoms. The Morgan fingerprint density at radius 1 is 1.42 bits per heavy atom. The van der Waals surface area contributed by atoms with E-state index >= 15 is 0 Å². The van der Waals surface area contributed by atoms with Gasteiger partial charge < -0.3 is 10.5 Å². The zero-order valence-electron chi connectivity index (χ0n) is 11.1. The summed E-state index contributed by atoms with van der Waals surface area (Å²) in [5.74, 6) is -0.567. The molecular formula is C12H18N2O4S. The number of hydrogen-bond acceptors (Lipinski definition) is 5. The number of nitrogens with two attached hydrogens (primary N) is 1. The monoisotopic (exact) mass is 286 g/mol. The molecule has 106 valence electrons. The molecule has 0 fully saturated rings. The lowest BCUT2D eigenvalue weighted by Gasteiger charge is -2.12. The number of nitrogens with one attached hydrogen (secondary N) is 1. The number of nitrogen functional groups attached to an aromatic ring is 1. The van der Waals surface area contributed by atoms with E-state index in [-0.39, 0.29) is 28.6 Å². The molecule has 0 aliphatic heterocycles. The van der Waals surface area contributed by atoms with Crippen LogP contribution < -0.4 is 10.5 Å². The molecule has 0 heterocycles. The van der Waals surface area contributed by atoms with Gasteiger partial charge in [-0.3, -0.25) is 0 Å². The van der Waals surface area contributed by atoms with Crippen LogP contribution >= 0.6 is 0 Å². The molecule has 0 bridgehead atoms. The van der Waals surface area contributed by atoms with Gasteiger partial charge in [-0.15, -0.1) is 0 Å². The van der Waals surface area contributed by atoms with E-state index in [4.69, 9.17) is 5.73 Å². The quantitative estimate of drug-likeness (QED) is 0.621. The van der Waals surface area contributed by atoms with Crippen LogP contribution in [0.25, 0.3) is 0 Å². The van der Waals surface area contributed by atoms with Crippen molar-refractivity contribution < 1.29 is 17.9 Å². The van der Waals surface area contributed by atoms with Crippen LogP contribution in [0.5, 0.6) is 0 Å². The number of esters is 1. The summed E-state index contributed by atoms with van der Waals surface area (Å²) in [4.78, 5) is 11.4. The van der Waals surface area contributed by atoms with Gasteiger partial charge in [0.25, 0.3) is 0 Å². The maximum absolute atomic E-state index is 12.2. The summed E-state index contributed by atoms with van der Waals surface area (Å²) < 4.78 is 31.3. The molecule has 0 unspecified atom stereocenters. The lowest BCUT2D eigenvalue weighted by atomic mass is 10.2. The first-order chi connectivity index (χ1) is 8.77. The van der Waals surface area contributed by atoms with Crippen molar-refractivity contribution in [1.29, 1.82) is 0 Å². The minimum Gasteiger partial charge on any atom is -0.465 e. The zero-order chi connectivity index (χ0) is 14.6. The van der Waals surface area contributed by atoms with Gasteiger partial charge >= 0.3 is 5.97 Å². The summed E-state index contributed by atoms with van der Waals surface area (Å²) in [6.07, 6.45) is 0. The number of hydrogen-bond donors (Lipinski definition) is 2. The van der Waals surface area contributed by atoms with E-state index in [1.165, 1.54) is 25.3 Å². The largest absolute Gasteiger partial charge is 0.465 e. The second kappa shape index (κ2) is 6.03. The Bertz CT molecular complexity index is 567. The Labute approximate surface area is 113 Å². The van der Waals surface area contributed by atoms with Crippen molar-refractivity contribution in [3.63, 3.8) is 0 Å². The standard InChI is InChI=1S/C12H18N2O4S/c1-8(2)7-14-19(16,17)11-6-9(13)4-5-10(11)12(15)18-3/h4-6,8,14H,7,13H2,1-3H3. The number of methoxy groups -OCH3 is 1. The van der Waals surface area contributed by atoms with Crippen molar-refractivity contribution in [3.8, 4) is 0 Å². The van der Waals surface area contributed by atoms with E-state index in [0.717, 1.165) is 0 Å². The second-order valence-electron chi connectivity index (χ2n) is 4.49. The van der Waals surface area contributed by atoms with Gasteiger partial charge in [-0.1, -0.05) is 13.8 Å². The van der Waals surface area contributed by atoms with E-state index in [1.54, 1.807) is 0 Å². The first kappa shape index (κ1) is 15.5. The average molecular weight is 286 g/mol. The first-order valence-electron chi connectivity index (χ1n) is 5.75. The van der Waals surface area contributed by atoms with Crippen molar-refractivity contribution in [2.45, 2.75) is 18.7 Å². The van der Waals surface area contributed by atoms with Crippen molar-refractivity contribution in [2.24, 2.45) is 5.92 Å². The van der Waals surface area contributed by atoms with Gasteiger partial charge in [0, 0.05) is 12.2 Å². The Kier molecular flexibility index (Phi) is 4.90. The molecule has 0 radical (unpaired) electrons. The predicted octanol–water partition coefficient (Wildman–Crippen LogP) is 0.990. The first-order valence-corrected chi connectivity index (χ1v) is 7.23. The third-order valence-corrected chi connectivity index (χ3v) is 3.85. The van der Waals surface area contributed by atoms with Crippen LogP contribution in [0.15, 0.2) is 23.1 Å². The van der Waals surface area contributed by atoms with Crippen LogP contribution in [-0.4, -0.2) is 28.0 Å². The summed E-state index contributed by atoms with van der Waals surface area (Å²) >= 11 is 0. The number of anilines is 1. The summed E-state index contributed by atoms with van der Waals surface area (Å²) in [5.41, 5.74) is 5.80. The highest BCUT2D eigenvalue weighted by atomic mass is 32.2. The lowest BCUT2D eigenvalue weighted by molar-refractivity contribution is 0.0596. The highest BCUT2D eigenvalue weighted by Crippen LogP contribution is 2.20. The Morgan fingerprint density at radius 2 is 2.05 bits per heavy atom. The highest BCUT2D eigenvalue weighted by molar-refractivity contribution is 7.89. The molecule has 0 saturated heterocycles. The third kappa shape index (κ3) is 3.93. The number of ether oxygens (including phenoxy) is 1. The van der Waals surface area contributed by atoms with Crippen LogP contribution in [0.3, 0.4) is 0 Å². The van der Waals surface area contributed by atoms with E-state index in [2.05, 4.69) is 9.46 Å². The minimum atomic E-state index is -3.79. The fraction of sp³-hybridized carbons (Fsp3) is 0.417. The van der Waals surface area contributed by atoms with Crippen LogP contribution in [0.4, 0.5) is 5.69 Å². The van der Waals surface area contributed by atoms with Crippen LogP contribution in [0.1, 0.15) is 24.2 Å². The average Bonchev–Trinajstić information content (AvgIpc) is 2.35. The molecule has 3 N–H and O–H groups in total. The number of carbonyl (C=O) groups excluding carboxylic acids is 1. The molecule has 1 aromatic carbocycles. The van der Waals surface area contributed by atoms with Crippen molar-refractivity contribution in [3.05, 3.63) is 23.8 Å². The van der Waals surface area contributed by atoms with Crippen LogP contribution in [0.2, 0.25) is 0 Å². The third-order valence-electron chi connectivity index (χ3n) is 2.38. The molecule has 0 aliphatic carbocycles. The maximum atomic E-state index is 12.2. The fourth-order valence-corrected chi connectivity index (χ4v) is 2.83. The van der Waals surface area contributed by atoms with Gasteiger partial charge in [0.15, 0.2) is 0 Å². The molecule has 19 heavy (non-hydrogen) atoms. The zero-order valence-corrected chi connectivity index (χ0v) is 12.0. The number of benzene rings is 1.